The van der Waals surface area contributed by atoms with Crippen LogP contribution in [-0.4, -0.2) is 28.7 Å². The average molecular weight is 345 g/mol. The summed E-state index contributed by atoms with van der Waals surface area (Å²) in [4.78, 5) is 2.28. The summed E-state index contributed by atoms with van der Waals surface area (Å²) >= 11 is 0. The summed E-state index contributed by atoms with van der Waals surface area (Å²) in [6.07, 6.45) is 1.59. The van der Waals surface area contributed by atoms with Crippen LogP contribution in [0, 0.1) is 17.8 Å². The number of aliphatic hydroxyl groups is 1. The van der Waals surface area contributed by atoms with Gasteiger partial charge in [-0.05, 0) is 48.6 Å². The van der Waals surface area contributed by atoms with Gasteiger partial charge in [0.15, 0.2) is 0 Å². The topological polar surface area (TPSA) is 23.5 Å². The number of piperidine rings is 1. The van der Waals surface area contributed by atoms with Crippen molar-refractivity contribution >= 4 is 5.70 Å². The van der Waals surface area contributed by atoms with Crippen molar-refractivity contribution in [3.63, 3.8) is 0 Å². The molecule has 0 amide bonds. The predicted molar refractivity (Wildman–Crippen MR) is 108 cm³/mol. The van der Waals surface area contributed by atoms with Gasteiger partial charge in [0.1, 0.15) is 0 Å². The Labute approximate surface area is 157 Å². The number of nitrogens with zero attached hydrogens (tertiary/aromatic N) is 1. The second kappa shape index (κ2) is 7.81. The van der Waals surface area contributed by atoms with Crippen molar-refractivity contribution in [2.75, 3.05) is 13.1 Å². The van der Waals surface area contributed by atoms with E-state index >= 15 is 0 Å². The maximum absolute atomic E-state index is 10.6. The van der Waals surface area contributed by atoms with Gasteiger partial charge in [0.2, 0.25) is 0 Å². The molecule has 1 aliphatic rings. The highest BCUT2D eigenvalue weighted by Gasteiger charge is 2.35. The normalized spacial score (nSPS) is 16.1. The van der Waals surface area contributed by atoms with Crippen LogP contribution in [0.4, 0.5) is 0 Å². The van der Waals surface area contributed by atoms with Gasteiger partial charge in [0.25, 0.3) is 0 Å². The van der Waals surface area contributed by atoms with E-state index in [0.717, 1.165) is 48.3 Å². The van der Waals surface area contributed by atoms with Crippen LogP contribution in [0.3, 0.4) is 0 Å². The van der Waals surface area contributed by atoms with Crippen LogP contribution in [-0.2, 0) is 0 Å². The van der Waals surface area contributed by atoms with E-state index in [0.29, 0.717) is 5.92 Å². The van der Waals surface area contributed by atoms with E-state index in [2.05, 4.69) is 49.3 Å². The Balaban J connectivity index is 1.64. The van der Waals surface area contributed by atoms with E-state index in [-0.39, 0.29) is 0 Å². The van der Waals surface area contributed by atoms with E-state index in [1.165, 1.54) is 0 Å². The van der Waals surface area contributed by atoms with Crippen LogP contribution in [0.15, 0.2) is 61.2 Å². The highest BCUT2D eigenvalue weighted by molar-refractivity contribution is 5.63. The van der Waals surface area contributed by atoms with Crippen LogP contribution in [0.5, 0.6) is 0 Å². The molecule has 2 heteroatoms. The molecular weight excluding hydrogens is 318 g/mol. The summed E-state index contributed by atoms with van der Waals surface area (Å²) in [6.45, 7) is 10.2. The Bertz CT molecular complexity index is 801. The lowest BCUT2D eigenvalue weighted by molar-refractivity contribution is -0.0471. The summed E-state index contributed by atoms with van der Waals surface area (Å²) in [5, 5.41) is 10.6. The lowest BCUT2D eigenvalue weighted by atomic mass is 9.81. The van der Waals surface area contributed by atoms with E-state index in [1.807, 2.05) is 42.5 Å². The predicted octanol–water partition coefficient (Wildman–Crippen LogP) is 4.54. The molecule has 1 heterocycles. The van der Waals surface area contributed by atoms with Gasteiger partial charge in [-0.3, -0.25) is 0 Å². The number of likely N-dealkylation sites (tertiary alicyclic amines) is 1. The van der Waals surface area contributed by atoms with Gasteiger partial charge >= 0.3 is 0 Å². The molecule has 2 aromatic rings. The molecule has 1 aliphatic heterocycles. The fourth-order valence-electron chi connectivity index (χ4n) is 3.34. The molecule has 2 aromatic carbocycles. The van der Waals surface area contributed by atoms with Crippen molar-refractivity contribution in [2.24, 2.45) is 5.92 Å². The van der Waals surface area contributed by atoms with Crippen molar-refractivity contribution in [1.82, 2.24) is 4.90 Å². The number of rotatable bonds is 3. The van der Waals surface area contributed by atoms with E-state index in [4.69, 9.17) is 0 Å². The molecule has 0 radical (unpaired) electrons. The van der Waals surface area contributed by atoms with Crippen molar-refractivity contribution < 1.29 is 5.11 Å². The zero-order chi connectivity index (χ0) is 18.6. The Hall–Kier alpha value is -2.50. The molecule has 0 spiro atoms. The molecular formula is C24H27NO. The maximum Gasteiger partial charge on any atom is 0.0704 e. The highest BCUT2D eigenvalue weighted by Crippen LogP contribution is 2.32. The Morgan fingerprint density at radius 2 is 1.50 bits per heavy atom. The fourth-order valence-corrected chi connectivity index (χ4v) is 3.34. The third-order valence-electron chi connectivity index (χ3n) is 5.43. The third-order valence-corrected chi connectivity index (χ3v) is 5.43. The monoisotopic (exact) mass is 345 g/mol. The molecule has 0 unspecified atom stereocenters. The SMILES string of the molecule is C=C(c1ccc(C#Cc2ccccc2)cc1)N1CCC(O)(C(C)C)CC1. The second-order valence-corrected chi connectivity index (χ2v) is 7.39. The zero-order valence-electron chi connectivity index (χ0n) is 15.7. The van der Waals surface area contributed by atoms with Gasteiger partial charge < -0.3 is 10.0 Å². The van der Waals surface area contributed by atoms with E-state index in [1.54, 1.807) is 0 Å². The Kier molecular flexibility index (Phi) is 5.49. The van der Waals surface area contributed by atoms with Gasteiger partial charge in [0.05, 0.1) is 5.60 Å². The Morgan fingerprint density at radius 1 is 0.962 bits per heavy atom. The van der Waals surface area contributed by atoms with Gasteiger partial charge in [-0.25, -0.2) is 0 Å². The molecule has 0 aliphatic carbocycles. The zero-order valence-corrected chi connectivity index (χ0v) is 15.7. The largest absolute Gasteiger partial charge is 0.389 e. The first-order valence-corrected chi connectivity index (χ1v) is 9.32. The first-order chi connectivity index (χ1) is 12.5. The third kappa shape index (κ3) is 4.18. The molecule has 1 saturated heterocycles. The standard InChI is InChI=1S/C24H27NO/c1-19(2)24(26)15-17-25(18-16-24)20(3)23-13-11-22(12-14-23)10-9-21-7-5-4-6-8-21/h4-8,11-14,19,26H,3,15-18H2,1-2H3. The molecule has 0 aromatic heterocycles. The maximum atomic E-state index is 10.6. The van der Waals surface area contributed by atoms with E-state index in [9.17, 15) is 5.11 Å². The van der Waals surface area contributed by atoms with Crippen molar-refractivity contribution in [3.05, 3.63) is 77.9 Å². The number of hydrogen-bond donors (Lipinski definition) is 1. The quantitative estimate of drug-likeness (QED) is 0.826. The summed E-state index contributed by atoms with van der Waals surface area (Å²) < 4.78 is 0. The molecule has 3 rings (SSSR count). The lowest BCUT2D eigenvalue weighted by Crippen LogP contribution is -2.46. The summed E-state index contributed by atoms with van der Waals surface area (Å²) in [5.74, 6) is 6.68. The van der Waals surface area contributed by atoms with Crippen LogP contribution < -0.4 is 0 Å². The van der Waals surface area contributed by atoms with Gasteiger partial charge in [-0.2, -0.15) is 0 Å². The minimum absolute atomic E-state index is 0.292. The molecule has 1 N–H and O–H groups in total. The number of hydrogen-bond acceptors (Lipinski definition) is 2. The smallest absolute Gasteiger partial charge is 0.0704 e. The summed E-state index contributed by atoms with van der Waals surface area (Å²) in [7, 11) is 0. The summed E-state index contributed by atoms with van der Waals surface area (Å²) in [6, 6.07) is 18.3. The Morgan fingerprint density at radius 3 is 2.04 bits per heavy atom. The lowest BCUT2D eigenvalue weighted by Gasteiger charge is -2.42. The van der Waals surface area contributed by atoms with Crippen LogP contribution in [0.25, 0.3) is 5.70 Å². The minimum Gasteiger partial charge on any atom is -0.389 e. The molecule has 134 valence electrons. The molecule has 2 nitrogen and oxygen atoms in total. The van der Waals surface area contributed by atoms with Crippen LogP contribution in [0.1, 0.15) is 43.4 Å². The van der Waals surface area contributed by atoms with Crippen LogP contribution in [0.2, 0.25) is 0 Å². The molecule has 0 bridgehead atoms. The second-order valence-electron chi connectivity index (χ2n) is 7.39. The first kappa shape index (κ1) is 18.3. The molecule has 0 atom stereocenters. The fraction of sp³-hybridized carbons (Fsp3) is 0.333. The minimum atomic E-state index is -0.534. The highest BCUT2D eigenvalue weighted by atomic mass is 16.3. The first-order valence-electron chi connectivity index (χ1n) is 9.32. The van der Waals surface area contributed by atoms with Crippen molar-refractivity contribution in [2.45, 2.75) is 32.3 Å². The molecule has 1 fully saturated rings. The van der Waals surface area contributed by atoms with Crippen molar-refractivity contribution in [3.8, 4) is 11.8 Å². The number of benzene rings is 2. The van der Waals surface area contributed by atoms with Crippen molar-refractivity contribution in [1.29, 1.82) is 0 Å². The van der Waals surface area contributed by atoms with Gasteiger partial charge in [-0.15, -0.1) is 0 Å². The van der Waals surface area contributed by atoms with E-state index < -0.39 is 5.60 Å². The van der Waals surface area contributed by atoms with Crippen LogP contribution >= 0.6 is 0 Å². The molecule has 0 saturated carbocycles. The molecule has 26 heavy (non-hydrogen) atoms. The van der Waals surface area contributed by atoms with Gasteiger partial charge in [0, 0.05) is 29.9 Å². The van der Waals surface area contributed by atoms with Gasteiger partial charge in [-0.1, -0.05) is 62.6 Å². The summed E-state index contributed by atoms with van der Waals surface area (Å²) in [5.41, 5.74) is 3.63. The average Bonchev–Trinajstić information content (AvgIpc) is 2.67.